The smallest absolute Gasteiger partial charge is 0.305 e. The maximum Gasteiger partial charge on any atom is 0.305 e. The molecule has 2 aromatic carbocycles. The van der Waals surface area contributed by atoms with E-state index in [1.54, 1.807) is 42.0 Å². The van der Waals surface area contributed by atoms with Crippen LogP contribution in [0.5, 0.6) is 0 Å². The predicted octanol–water partition coefficient (Wildman–Crippen LogP) is 10.7. The van der Waals surface area contributed by atoms with Crippen LogP contribution in [0.15, 0.2) is 96.4 Å². The van der Waals surface area contributed by atoms with E-state index in [1.165, 1.54) is 10.6 Å². The number of amides is 3. The lowest BCUT2D eigenvalue weighted by atomic mass is 9.93. The van der Waals surface area contributed by atoms with Crippen LogP contribution in [0.3, 0.4) is 0 Å². The molecule has 14 heteroatoms. The Morgan fingerprint density at radius 1 is 0.653 bits per heavy atom. The highest BCUT2D eigenvalue weighted by atomic mass is 16.4. The largest absolute Gasteiger partial charge is 0.481 e. The molecule has 1 saturated heterocycles. The Bertz CT molecular complexity index is 2690. The lowest BCUT2D eigenvalue weighted by molar-refractivity contribution is -0.145. The fraction of sp³-hybridized carbons (Fsp3) is 0.448. The minimum atomic E-state index is -1.04. The highest BCUT2D eigenvalue weighted by molar-refractivity contribution is 5.89. The Morgan fingerprint density at radius 3 is 1.49 bits per heavy atom. The fourth-order valence-electron chi connectivity index (χ4n) is 9.29. The lowest BCUT2D eigenvalue weighted by Gasteiger charge is -2.37. The molecular weight excluding hydrogens is 909 g/mol. The van der Waals surface area contributed by atoms with Crippen LogP contribution in [0.1, 0.15) is 145 Å². The Balaban J connectivity index is 0.000000370. The predicted molar refractivity (Wildman–Crippen MR) is 285 cm³/mol. The summed E-state index contributed by atoms with van der Waals surface area (Å²) in [5.41, 5.74) is 9.94. The molecule has 1 aliphatic rings. The third kappa shape index (κ3) is 16.0. The quantitative estimate of drug-likeness (QED) is 0.0655. The first-order valence-corrected chi connectivity index (χ1v) is 24.2. The molecule has 5 atom stereocenters. The lowest BCUT2D eigenvalue weighted by Crippen LogP contribution is -2.53. The third-order valence-corrected chi connectivity index (χ3v) is 12.8. The van der Waals surface area contributed by atoms with Crippen molar-refractivity contribution in [2.45, 2.75) is 147 Å². The van der Waals surface area contributed by atoms with Gasteiger partial charge in [0.25, 0.3) is 5.56 Å². The highest BCUT2D eigenvalue weighted by Crippen LogP contribution is 2.32. The minimum absolute atomic E-state index is 0. The standard InChI is InChI=1S/C28H37N3O4.C28H33N3O4.2CH4/c2*1-17(2)11-24(31-10-9-18(3)12-25(31)32)28(35)30-23(14-26(33)34)21-13-22(16-29-15-21)27-19(4)7-6-8-20(27)5;;/h6-8,13,15-18,23-24H,9-12,14H2,1-5H3,(H,30,35)(H,33,34);6-10,12-13,15-17,23-24H,11,14H2,1-5H3,(H,30,35)(H,33,34);2*1H4/t18?,23-,24+;23-,24+;;/m00../s1. The second-order valence-electron chi connectivity index (χ2n) is 19.8. The molecule has 4 heterocycles. The van der Waals surface area contributed by atoms with E-state index in [4.69, 9.17) is 0 Å². The Hall–Kier alpha value is -6.96. The second-order valence-corrected chi connectivity index (χ2v) is 19.8. The van der Waals surface area contributed by atoms with Gasteiger partial charge in [-0.1, -0.05) is 85.9 Å². The number of carboxylic acid groups (broad SMARTS) is 2. The molecule has 6 rings (SSSR count). The number of aromatic nitrogens is 3. The zero-order valence-electron chi connectivity index (χ0n) is 42.3. The van der Waals surface area contributed by atoms with Crippen molar-refractivity contribution in [1.82, 2.24) is 30.1 Å². The van der Waals surface area contributed by atoms with E-state index < -0.39 is 42.0 Å². The number of likely N-dealkylation sites (tertiary alicyclic amines) is 1. The van der Waals surface area contributed by atoms with Crippen LogP contribution in [0.25, 0.3) is 22.3 Å². The molecule has 0 radical (unpaired) electrons. The number of nitrogens with one attached hydrogen (secondary N) is 2. The van der Waals surface area contributed by atoms with Crippen LogP contribution >= 0.6 is 0 Å². The van der Waals surface area contributed by atoms with Crippen LogP contribution in [-0.4, -0.2) is 71.9 Å². The number of piperidine rings is 1. The molecule has 5 aromatic rings. The first kappa shape index (κ1) is 59.3. The third-order valence-electron chi connectivity index (χ3n) is 12.8. The van der Waals surface area contributed by atoms with Crippen LogP contribution in [0.2, 0.25) is 0 Å². The van der Waals surface area contributed by atoms with E-state index in [2.05, 4.69) is 20.6 Å². The van der Waals surface area contributed by atoms with Crippen LogP contribution in [0, 0.1) is 52.4 Å². The van der Waals surface area contributed by atoms with Gasteiger partial charge in [-0.15, -0.1) is 0 Å². The van der Waals surface area contributed by atoms with Gasteiger partial charge < -0.3 is 30.3 Å². The van der Waals surface area contributed by atoms with Gasteiger partial charge in [-0.25, -0.2) is 0 Å². The molecule has 14 nitrogen and oxygen atoms in total. The molecule has 388 valence electrons. The van der Waals surface area contributed by atoms with Crippen molar-refractivity contribution in [1.29, 1.82) is 0 Å². The first-order valence-electron chi connectivity index (χ1n) is 24.2. The summed E-state index contributed by atoms with van der Waals surface area (Å²) in [4.78, 5) is 86.2. The van der Waals surface area contributed by atoms with E-state index in [0.717, 1.165) is 56.5 Å². The van der Waals surface area contributed by atoms with Crippen LogP contribution in [-0.2, 0) is 24.0 Å². The first-order chi connectivity index (χ1) is 33.1. The van der Waals surface area contributed by atoms with Crippen molar-refractivity contribution in [3.63, 3.8) is 0 Å². The molecule has 4 N–H and O–H groups in total. The zero-order valence-corrected chi connectivity index (χ0v) is 42.3. The summed E-state index contributed by atoms with van der Waals surface area (Å²) in [5, 5.41) is 25.0. The Morgan fingerprint density at radius 2 is 1.08 bits per heavy atom. The van der Waals surface area contributed by atoms with E-state index in [9.17, 15) is 39.0 Å². The van der Waals surface area contributed by atoms with Gasteiger partial charge in [0.1, 0.15) is 12.1 Å². The number of nitrogens with zero attached hydrogens (tertiary/aromatic N) is 4. The van der Waals surface area contributed by atoms with E-state index in [0.29, 0.717) is 42.9 Å². The van der Waals surface area contributed by atoms with Gasteiger partial charge in [0.05, 0.1) is 24.9 Å². The van der Waals surface area contributed by atoms with E-state index in [1.807, 2.05) is 118 Å². The topological polar surface area (TPSA) is 201 Å². The van der Waals surface area contributed by atoms with Crippen molar-refractivity contribution in [2.75, 3.05) is 6.54 Å². The number of carbonyl (C=O) groups excluding carboxylic acids is 3. The number of pyridine rings is 3. The van der Waals surface area contributed by atoms with Gasteiger partial charge in [-0.05, 0) is 140 Å². The van der Waals surface area contributed by atoms with E-state index in [-0.39, 0.29) is 56.9 Å². The molecule has 3 aromatic heterocycles. The van der Waals surface area contributed by atoms with Crippen LogP contribution < -0.4 is 16.2 Å². The van der Waals surface area contributed by atoms with Gasteiger partial charge in [0, 0.05) is 61.1 Å². The number of carbonyl (C=O) groups is 5. The number of benzene rings is 2. The molecule has 0 bridgehead atoms. The summed E-state index contributed by atoms with van der Waals surface area (Å²) in [7, 11) is 0. The average molecular weight is 987 g/mol. The highest BCUT2D eigenvalue weighted by Gasteiger charge is 2.35. The van der Waals surface area contributed by atoms with Gasteiger partial charge in [0.2, 0.25) is 17.7 Å². The molecular formula is C58H78N6O8. The second kappa shape index (κ2) is 27.0. The van der Waals surface area contributed by atoms with Crippen molar-refractivity contribution in [3.05, 3.63) is 141 Å². The van der Waals surface area contributed by atoms with Crippen LogP contribution in [0.4, 0.5) is 0 Å². The molecule has 1 aliphatic heterocycles. The molecule has 1 unspecified atom stereocenters. The number of aliphatic carboxylic acids is 2. The van der Waals surface area contributed by atoms with Crippen molar-refractivity contribution in [3.8, 4) is 22.3 Å². The monoisotopic (exact) mass is 987 g/mol. The van der Waals surface area contributed by atoms with Gasteiger partial charge in [-0.2, -0.15) is 0 Å². The SMILES string of the molecule is C.C.Cc1cccc(C)c1-c1cncc([C@H](CC(=O)O)NC(=O)[C@@H](CC(C)C)N2CCC(C)CC2=O)c1.Cc1ccn([C@H](CC(C)C)C(=O)N[C@@H](CC(=O)O)c2cncc(-c3c(C)cccc3C)c2)c(=O)c1. The molecule has 3 amide bonds. The molecule has 1 fully saturated rings. The maximum atomic E-state index is 13.5. The van der Waals surface area contributed by atoms with Gasteiger partial charge in [-0.3, -0.25) is 38.7 Å². The zero-order chi connectivity index (χ0) is 51.4. The average Bonchev–Trinajstić information content (AvgIpc) is 3.27. The summed E-state index contributed by atoms with van der Waals surface area (Å²) >= 11 is 0. The number of hydrogen-bond donors (Lipinski definition) is 4. The summed E-state index contributed by atoms with van der Waals surface area (Å²) in [6, 6.07) is 16.2. The normalized spacial score (nSPS) is 14.9. The van der Waals surface area contributed by atoms with Crippen molar-refractivity contribution >= 4 is 29.7 Å². The number of aryl methyl sites for hydroxylation is 5. The minimum Gasteiger partial charge on any atom is -0.481 e. The van der Waals surface area contributed by atoms with E-state index >= 15 is 0 Å². The number of hydrogen-bond acceptors (Lipinski definition) is 8. The summed E-state index contributed by atoms with van der Waals surface area (Å²) in [6.45, 7) is 20.5. The van der Waals surface area contributed by atoms with Crippen molar-refractivity contribution < 1.29 is 34.2 Å². The maximum absolute atomic E-state index is 13.5. The van der Waals surface area contributed by atoms with Gasteiger partial charge in [0.15, 0.2) is 0 Å². The molecule has 0 saturated carbocycles. The molecule has 0 aliphatic carbocycles. The summed E-state index contributed by atoms with van der Waals surface area (Å²) < 4.78 is 1.42. The Labute approximate surface area is 426 Å². The summed E-state index contributed by atoms with van der Waals surface area (Å²) in [6.07, 6.45) is 9.98. The number of carboxylic acids is 2. The Kier molecular flexibility index (Phi) is 22.3. The van der Waals surface area contributed by atoms with Gasteiger partial charge >= 0.3 is 11.9 Å². The van der Waals surface area contributed by atoms with Crippen molar-refractivity contribution in [2.24, 2.45) is 17.8 Å². The summed E-state index contributed by atoms with van der Waals surface area (Å²) in [5.74, 6) is -2.13. The fourth-order valence-corrected chi connectivity index (χ4v) is 9.29. The molecule has 72 heavy (non-hydrogen) atoms. The molecule has 0 spiro atoms. The number of rotatable bonds is 18.